The number of nitrogens with two attached hydrogens (primary N) is 4. The average Bonchev–Trinajstić information content (AvgIpc) is 2.49. The molecule has 1 heterocycles. The summed E-state index contributed by atoms with van der Waals surface area (Å²) in [6.07, 6.45) is -7.73. The Labute approximate surface area is 128 Å². The van der Waals surface area contributed by atoms with Gasteiger partial charge in [0, 0.05) is 18.6 Å². The summed E-state index contributed by atoms with van der Waals surface area (Å²) >= 11 is 0. The molecule has 10 atom stereocenters. The van der Waals surface area contributed by atoms with Gasteiger partial charge < -0.3 is 52.8 Å². The van der Waals surface area contributed by atoms with Gasteiger partial charge in [-0.05, 0) is 6.42 Å². The van der Waals surface area contributed by atoms with Crippen molar-refractivity contribution in [2.45, 2.75) is 67.5 Å². The first-order valence-corrected chi connectivity index (χ1v) is 7.28. The number of hydrogen-bond donors (Lipinski definition) is 8. The molecule has 1 saturated carbocycles. The molecule has 2 fully saturated rings. The molecule has 12 N–H and O–H groups in total. The molecule has 0 aromatic rings. The van der Waals surface area contributed by atoms with Gasteiger partial charge in [0.25, 0.3) is 0 Å². The molecule has 22 heavy (non-hydrogen) atoms. The van der Waals surface area contributed by atoms with Crippen LogP contribution < -0.4 is 22.9 Å². The van der Waals surface area contributed by atoms with Gasteiger partial charge in [0.05, 0.1) is 12.1 Å². The maximum Gasteiger partial charge on any atom is 0.176 e. The zero-order valence-electron chi connectivity index (χ0n) is 12.1. The van der Waals surface area contributed by atoms with Crippen molar-refractivity contribution in [3.8, 4) is 0 Å². The third-order valence-corrected chi connectivity index (χ3v) is 4.36. The molecule has 130 valence electrons. The van der Waals surface area contributed by atoms with Gasteiger partial charge in [0.2, 0.25) is 0 Å². The van der Waals surface area contributed by atoms with Crippen LogP contribution in [0.4, 0.5) is 0 Å². The van der Waals surface area contributed by atoms with Crippen molar-refractivity contribution < 1.29 is 29.9 Å². The monoisotopic (exact) mass is 322 g/mol. The van der Waals surface area contributed by atoms with Crippen LogP contribution in [0, 0.1) is 0 Å². The van der Waals surface area contributed by atoms with E-state index in [4.69, 9.17) is 32.4 Å². The molecule has 1 aliphatic carbocycles. The number of rotatable bonds is 3. The first-order valence-electron chi connectivity index (χ1n) is 7.28. The number of hydrogen-bond acceptors (Lipinski definition) is 10. The smallest absolute Gasteiger partial charge is 0.176 e. The molecular weight excluding hydrogens is 296 g/mol. The molecule has 0 bridgehead atoms. The highest BCUT2D eigenvalue weighted by Crippen LogP contribution is 2.26. The second kappa shape index (κ2) is 7.01. The molecule has 1 aliphatic heterocycles. The third kappa shape index (κ3) is 3.26. The van der Waals surface area contributed by atoms with Crippen LogP contribution in [0.15, 0.2) is 0 Å². The summed E-state index contributed by atoms with van der Waals surface area (Å²) in [5.74, 6) is 0. The van der Waals surface area contributed by atoms with Crippen molar-refractivity contribution in [2.75, 3.05) is 6.54 Å². The van der Waals surface area contributed by atoms with E-state index in [0.29, 0.717) is 0 Å². The molecule has 10 nitrogen and oxygen atoms in total. The average molecular weight is 322 g/mol. The quantitative estimate of drug-likeness (QED) is 0.248. The lowest BCUT2D eigenvalue weighted by molar-refractivity contribution is -0.287. The lowest BCUT2D eigenvalue weighted by Crippen LogP contribution is -2.67. The predicted molar refractivity (Wildman–Crippen MR) is 75.2 cm³/mol. The summed E-state index contributed by atoms with van der Waals surface area (Å²) in [5.41, 5.74) is 22.8. The zero-order chi connectivity index (χ0) is 16.6. The Bertz CT molecular complexity index is 376. The van der Waals surface area contributed by atoms with E-state index < -0.39 is 61.0 Å². The van der Waals surface area contributed by atoms with Gasteiger partial charge in [-0.25, -0.2) is 0 Å². The molecular formula is C12H26N4O6. The van der Waals surface area contributed by atoms with Crippen LogP contribution in [-0.2, 0) is 9.47 Å². The third-order valence-electron chi connectivity index (χ3n) is 4.36. The highest BCUT2D eigenvalue weighted by molar-refractivity contribution is 4.99. The number of aliphatic hydroxyl groups excluding tert-OH is 4. The molecule has 1 saturated heterocycles. The minimum Gasteiger partial charge on any atom is -0.389 e. The summed E-state index contributed by atoms with van der Waals surface area (Å²) in [4.78, 5) is 0. The fourth-order valence-corrected chi connectivity index (χ4v) is 2.89. The van der Waals surface area contributed by atoms with Gasteiger partial charge in [0.1, 0.15) is 30.5 Å². The van der Waals surface area contributed by atoms with Gasteiger partial charge in [-0.3, -0.25) is 0 Å². The molecule has 0 aromatic carbocycles. The van der Waals surface area contributed by atoms with Gasteiger partial charge in [-0.15, -0.1) is 0 Å². The molecule has 0 spiro atoms. The first kappa shape index (κ1) is 17.9. The Balaban J connectivity index is 2.08. The van der Waals surface area contributed by atoms with Crippen molar-refractivity contribution >= 4 is 0 Å². The van der Waals surface area contributed by atoms with E-state index in [-0.39, 0.29) is 13.0 Å². The van der Waals surface area contributed by atoms with Gasteiger partial charge >= 0.3 is 0 Å². The first-order chi connectivity index (χ1) is 10.3. The summed E-state index contributed by atoms with van der Waals surface area (Å²) in [6.45, 7) is -0.0441. The maximum atomic E-state index is 10.1. The second-order valence-corrected chi connectivity index (χ2v) is 5.98. The Morgan fingerprint density at radius 2 is 1.55 bits per heavy atom. The van der Waals surface area contributed by atoms with Crippen molar-refractivity contribution in [1.82, 2.24) is 0 Å². The highest BCUT2D eigenvalue weighted by Gasteiger charge is 2.47. The molecule has 4 unspecified atom stereocenters. The van der Waals surface area contributed by atoms with Crippen LogP contribution in [-0.4, -0.2) is 88.0 Å². The fraction of sp³-hybridized carbons (Fsp3) is 1.00. The fourth-order valence-electron chi connectivity index (χ4n) is 2.89. The van der Waals surface area contributed by atoms with E-state index in [1.165, 1.54) is 0 Å². The van der Waals surface area contributed by atoms with Gasteiger partial charge in [-0.1, -0.05) is 0 Å². The molecule has 10 heteroatoms. The molecule has 0 aromatic heterocycles. The predicted octanol–water partition coefficient (Wildman–Crippen LogP) is -5.12. The summed E-state index contributed by atoms with van der Waals surface area (Å²) in [6, 6.07) is -2.34. The second-order valence-electron chi connectivity index (χ2n) is 5.98. The van der Waals surface area contributed by atoms with E-state index in [2.05, 4.69) is 0 Å². The van der Waals surface area contributed by atoms with E-state index in [1.54, 1.807) is 0 Å². The topological polar surface area (TPSA) is 203 Å². The highest BCUT2D eigenvalue weighted by atomic mass is 16.7. The van der Waals surface area contributed by atoms with E-state index in [1.807, 2.05) is 0 Å². The normalized spacial score (nSPS) is 53.5. The minimum absolute atomic E-state index is 0.0441. The molecule has 0 radical (unpaired) electrons. The Morgan fingerprint density at radius 3 is 2.14 bits per heavy atom. The number of ether oxygens (including phenoxy) is 2. The molecule has 0 amide bonds. The van der Waals surface area contributed by atoms with Crippen molar-refractivity contribution in [2.24, 2.45) is 22.9 Å². The Kier molecular flexibility index (Phi) is 5.72. The zero-order valence-corrected chi connectivity index (χ0v) is 12.1. The van der Waals surface area contributed by atoms with Crippen LogP contribution in [0.5, 0.6) is 0 Å². The van der Waals surface area contributed by atoms with Crippen molar-refractivity contribution in [1.29, 1.82) is 0 Å². The van der Waals surface area contributed by atoms with Crippen LogP contribution >= 0.6 is 0 Å². The summed E-state index contributed by atoms with van der Waals surface area (Å²) < 4.78 is 11.0. The summed E-state index contributed by atoms with van der Waals surface area (Å²) in [5, 5.41) is 39.6. The van der Waals surface area contributed by atoms with Gasteiger partial charge in [-0.2, -0.15) is 0 Å². The lowest BCUT2D eigenvalue weighted by atomic mass is 9.84. The van der Waals surface area contributed by atoms with E-state index in [0.717, 1.165) is 0 Å². The van der Waals surface area contributed by atoms with Crippen molar-refractivity contribution in [3.63, 3.8) is 0 Å². The SMILES string of the molecule is NCC1O[C@H](OC2[C@H](O)C(O)[C@H](N)C[C@@H]2N)[C@@H](N)C(O)[C@@H]1O. The van der Waals surface area contributed by atoms with Crippen LogP contribution in [0.25, 0.3) is 0 Å². The minimum atomic E-state index is -1.31. The Hall–Kier alpha value is -0.400. The van der Waals surface area contributed by atoms with Crippen LogP contribution in [0.3, 0.4) is 0 Å². The van der Waals surface area contributed by atoms with E-state index in [9.17, 15) is 20.4 Å². The Morgan fingerprint density at radius 1 is 0.909 bits per heavy atom. The van der Waals surface area contributed by atoms with Gasteiger partial charge in [0.15, 0.2) is 6.29 Å². The maximum absolute atomic E-state index is 10.1. The van der Waals surface area contributed by atoms with Crippen LogP contribution in [0.1, 0.15) is 6.42 Å². The standard InChI is InChI=1S/C12H26N4O6/c13-2-5-8(18)9(19)6(16)12(21-5)22-11-4(15)1-3(14)7(17)10(11)20/h3-12,17-20H,1-2,13-16H2/t3-,4+,5?,6+,7?,8-,9?,10-,11?,12-/m1/s1. The van der Waals surface area contributed by atoms with E-state index >= 15 is 0 Å². The molecule has 2 rings (SSSR count). The molecule has 2 aliphatic rings. The number of aliphatic hydroxyl groups is 4. The lowest BCUT2D eigenvalue weighted by Gasteiger charge is -2.45. The summed E-state index contributed by atoms with van der Waals surface area (Å²) in [7, 11) is 0. The largest absolute Gasteiger partial charge is 0.389 e. The van der Waals surface area contributed by atoms with Crippen LogP contribution in [0.2, 0.25) is 0 Å². The van der Waals surface area contributed by atoms with Crippen molar-refractivity contribution in [3.05, 3.63) is 0 Å².